The van der Waals surface area contributed by atoms with Crippen LogP contribution in [-0.4, -0.2) is 25.9 Å². The third kappa shape index (κ3) is 3.62. The molecule has 2 aromatic heterocycles. The summed E-state index contributed by atoms with van der Waals surface area (Å²) >= 11 is 0. The first-order valence-electron chi connectivity index (χ1n) is 7.03. The second-order valence-electron chi connectivity index (χ2n) is 5.09. The van der Waals surface area contributed by atoms with E-state index in [-0.39, 0.29) is 6.10 Å². The molecule has 0 saturated carbocycles. The average molecular weight is 290 g/mol. The Balaban J connectivity index is 2.13. The van der Waals surface area contributed by atoms with Gasteiger partial charge in [-0.05, 0) is 20.3 Å². The van der Waals surface area contributed by atoms with E-state index in [1.165, 1.54) is 6.33 Å². The highest BCUT2D eigenvalue weighted by Crippen LogP contribution is 2.26. The lowest BCUT2D eigenvalue weighted by Crippen LogP contribution is -2.12. The SMILES string of the molecule is CCc1nn(C)cc1CNc1ncnc(OC(C)C)c1N. The van der Waals surface area contributed by atoms with E-state index >= 15 is 0 Å². The highest BCUT2D eigenvalue weighted by Gasteiger charge is 2.12. The van der Waals surface area contributed by atoms with Crippen LogP contribution in [0, 0.1) is 0 Å². The molecular weight excluding hydrogens is 268 g/mol. The van der Waals surface area contributed by atoms with Gasteiger partial charge in [0.1, 0.15) is 12.0 Å². The molecule has 0 aliphatic rings. The number of hydrogen-bond acceptors (Lipinski definition) is 6. The first-order valence-corrected chi connectivity index (χ1v) is 7.03. The number of nitrogens with zero attached hydrogens (tertiary/aromatic N) is 4. The molecule has 21 heavy (non-hydrogen) atoms. The van der Waals surface area contributed by atoms with Crippen molar-refractivity contribution < 1.29 is 4.74 Å². The van der Waals surface area contributed by atoms with Crippen molar-refractivity contribution in [2.75, 3.05) is 11.1 Å². The van der Waals surface area contributed by atoms with Crippen molar-refractivity contribution >= 4 is 11.5 Å². The molecule has 0 atom stereocenters. The van der Waals surface area contributed by atoms with Crippen molar-refractivity contribution in [3.8, 4) is 5.88 Å². The third-order valence-corrected chi connectivity index (χ3v) is 2.97. The Kier molecular flexibility index (Phi) is 4.62. The Morgan fingerprint density at radius 2 is 2.14 bits per heavy atom. The van der Waals surface area contributed by atoms with Gasteiger partial charge in [0.2, 0.25) is 5.88 Å². The van der Waals surface area contributed by atoms with E-state index in [0.29, 0.717) is 23.9 Å². The minimum Gasteiger partial charge on any atom is -0.473 e. The van der Waals surface area contributed by atoms with E-state index in [4.69, 9.17) is 10.5 Å². The molecule has 0 bridgehead atoms. The van der Waals surface area contributed by atoms with E-state index in [2.05, 4.69) is 27.3 Å². The van der Waals surface area contributed by atoms with E-state index in [9.17, 15) is 0 Å². The second kappa shape index (κ2) is 6.43. The molecule has 7 heteroatoms. The minimum absolute atomic E-state index is 0.0140. The summed E-state index contributed by atoms with van der Waals surface area (Å²) in [6.07, 6.45) is 4.34. The third-order valence-electron chi connectivity index (χ3n) is 2.97. The highest BCUT2D eigenvalue weighted by atomic mass is 16.5. The van der Waals surface area contributed by atoms with Gasteiger partial charge in [0.15, 0.2) is 5.82 Å². The van der Waals surface area contributed by atoms with Crippen LogP contribution in [0.1, 0.15) is 32.0 Å². The number of anilines is 2. The van der Waals surface area contributed by atoms with Crippen molar-refractivity contribution in [1.29, 1.82) is 0 Å². The van der Waals surface area contributed by atoms with Gasteiger partial charge in [-0.1, -0.05) is 6.92 Å². The van der Waals surface area contributed by atoms with Crippen LogP contribution in [0.4, 0.5) is 11.5 Å². The maximum Gasteiger partial charge on any atom is 0.242 e. The first kappa shape index (κ1) is 15.1. The Bertz CT molecular complexity index is 608. The first-order chi connectivity index (χ1) is 10.0. The lowest BCUT2D eigenvalue weighted by atomic mass is 10.2. The predicted octanol–water partition coefficient (Wildman–Crippen LogP) is 1.75. The van der Waals surface area contributed by atoms with Crippen LogP contribution in [-0.2, 0) is 20.0 Å². The monoisotopic (exact) mass is 290 g/mol. The van der Waals surface area contributed by atoms with Crippen LogP contribution < -0.4 is 15.8 Å². The molecule has 0 aromatic carbocycles. The van der Waals surface area contributed by atoms with E-state index in [1.54, 1.807) is 0 Å². The van der Waals surface area contributed by atoms with Gasteiger partial charge in [-0.3, -0.25) is 4.68 Å². The summed E-state index contributed by atoms with van der Waals surface area (Å²) in [6, 6.07) is 0. The van der Waals surface area contributed by atoms with Crippen molar-refractivity contribution in [3.05, 3.63) is 23.8 Å². The van der Waals surface area contributed by atoms with Crippen molar-refractivity contribution in [1.82, 2.24) is 19.7 Å². The standard InChI is InChI=1S/C14H22N6O/c1-5-11-10(7-20(4)19-11)6-16-13-12(15)14(18-8-17-13)21-9(2)3/h7-9H,5-6,15H2,1-4H3,(H,16,17,18). The zero-order chi connectivity index (χ0) is 15.4. The summed E-state index contributed by atoms with van der Waals surface area (Å²) < 4.78 is 7.37. The molecule has 114 valence electrons. The van der Waals surface area contributed by atoms with Gasteiger partial charge in [-0.25, -0.2) is 4.98 Å². The number of nitrogens with two attached hydrogens (primary N) is 1. The van der Waals surface area contributed by atoms with Crippen LogP contribution in [0.2, 0.25) is 0 Å². The lowest BCUT2D eigenvalue weighted by Gasteiger charge is -2.13. The summed E-state index contributed by atoms with van der Waals surface area (Å²) in [5.41, 5.74) is 8.66. The summed E-state index contributed by atoms with van der Waals surface area (Å²) in [6.45, 7) is 6.55. The molecule has 7 nitrogen and oxygen atoms in total. The molecule has 3 N–H and O–H groups in total. The summed E-state index contributed by atoms with van der Waals surface area (Å²) in [7, 11) is 1.91. The number of ether oxygens (including phenoxy) is 1. The molecule has 0 saturated heterocycles. The summed E-state index contributed by atoms with van der Waals surface area (Å²) in [4.78, 5) is 8.23. The maximum atomic E-state index is 6.04. The van der Waals surface area contributed by atoms with Crippen molar-refractivity contribution in [3.63, 3.8) is 0 Å². The largest absolute Gasteiger partial charge is 0.473 e. The quantitative estimate of drug-likeness (QED) is 0.842. The zero-order valence-electron chi connectivity index (χ0n) is 12.9. The molecule has 2 rings (SSSR count). The topological polar surface area (TPSA) is 90.9 Å². The fraction of sp³-hybridized carbons (Fsp3) is 0.500. The highest BCUT2D eigenvalue weighted by molar-refractivity contribution is 5.66. The maximum absolute atomic E-state index is 6.04. The zero-order valence-corrected chi connectivity index (χ0v) is 12.9. The number of nitrogen functional groups attached to an aromatic ring is 1. The van der Waals surface area contributed by atoms with Crippen LogP contribution in [0.3, 0.4) is 0 Å². The van der Waals surface area contributed by atoms with E-state index < -0.39 is 0 Å². The van der Waals surface area contributed by atoms with Gasteiger partial charge in [-0.15, -0.1) is 0 Å². The van der Waals surface area contributed by atoms with Gasteiger partial charge < -0.3 is 15.8 Å². The van der Waals surface area contributed by atoms with Crippen LogP contribution in [0.25, 0.3) is 0 Å². The molecule has 2 aromatic rings. The van der Waals surface area contributed by atoms with Gasteiger partial charge in [0.05, 0.1) is 11.8 Å². The molecule has 0 aliphatic carbocycles. The summed E-state index contributed by atoms with van der Waals surface area (Å²) in [5, 5.41) is 7.63. The fourth-order valence-corrected chi connectivity index (χ4v) is 2.05. The van der Waals surface area contributed by atoms with E-state index in [1.807, 2.05) is 31.8 Å². The molecule has 0 radical (unpaired) electrons. The molecular formula is C14H22N6O. The summed E-state index contributed by atoms with van der Waals surface area (Å²) in [5.74, 6) is 0.982. The van der Waals surface area contributed by atoms with Crippen molar-refractivity contribution in [2.45, 2.75) is 39.8 Å². The number of hydrogen-bond donors (Lipinski definition) is 2. The number of nitrogens with one attached hydrogen (secondary N) is 1. The number of aromatic nitrogens is 4. The normalized spacial score (nSPS) is 10.9. The molecule has 0 amide bonds. The molecule has 0 fully saturated rings. The van der Waals surface area contributed by atoms with E-state index in [0.717, 1.165) is 17.7 Å². The Labute approximate surface area is 124 Å². The van der Waals surface area contributed by atoms with Gasteiger partial charge in [-0.2, -0.15) is 10.1 Å². The van der Waals surface area contributed by atoms with Crippen LogP contribution in [0.5, 0.6) is 5.88 Å². The smallest absolute Gasteiger partial charge is 0.242 e. The van der Waals surface area contributed by atoms with Gasteiger partial charge in [0.25, 0.3) is 0 Å². The van der Waals surface area contributed by atoms with Gasteiger partial charge >= 0.3 is 0 Å². The van der Waals surface area contributed by atoms with Crippen LogP contribution in [0.15, 0.2) is 12.5 Å². The molecule has 2 heterocycles. The Hall–Kier alpha value is -2.31. The number of aryl methyl sites for hydroxylation is 2. The number of rotatable bonds is 6. The van der Waals surface area contributed by atoms with Gasteiger partial charge in [0, 0.05) is 25.4 Å². The second-order valence-corrected chi connectivity index (χ2v) is 5.09. The Morgan fingerprint density at radius 1 is 1.38 bits per heavy atom. The van der Waals surface area contributed by atoms with Crippen LogP contribution >= 0.6 is 0 Å². The fourth-order valence-electron chi connectivity index (χ4n) is 2.05. The van der Waals surface area contributed by atoms with Crippen molar-refractivity contribution in [2.24, 2.45) is 7.05 Å². The molecule has 0 unspecified atom stereocenters. The predicted molar refractivity (Wildman–Crippen MR) is 82.1 cm³/mol. The molecule has 0 aliphatic heterocycles. The average Bonchev–Trinajstić information content (AvgIpc) is 2.79. The minimum atomic E-state index is 0.0140. The lowest BCUT2D eigenvalue weighted by molar-refractivity contribution is 0.234. The molecule has 0 spiro atoms. The Morgan fingerprint density at radius 3 is 2.81 bits per heavy atom.